The maximum atomic E-state index is 10.9. The van der Waals surface area contributed by atoms with Gasteiger partial charge in [-0.2, -0.15) is 0 Å². The van der Waals surface area contributed by atoms with Crippen LogP contribution in [-0.2, 0) is 0 Å². The first kappa shape index (κ1) is 15.4. The van der Waals surface area contributed by atoms with Gasteiger partial charge in [-0.3, -0.25) is 4.99 Å². The number of benzene rings is 1. The maximum absolute atomic E-state index is 10.9. The van der Waals surface area contributed by atoms with Crippen molar-refractivity contribution < 1.29 is 9.90 Å². The van der Waals surface area contributed by atoms with E-state index < -0.39 is 5.97 Å². The highest BCUT2D eigenvalue weighted by Gasteiger charge is 2.31. The van der Waals surface area contributed by atoms with E-state index in [9.17, 15) is 4.79 Å². The Morgan fingerprint density at radius 2 is 1.86 bits per heavy atom. The van der Waals surface area contributed by atoms with E-state index in [4.69, 9.17) is 10.1 Å². The van der Waals surface area contributed by atoms with Crippen molar-refractivity contribution in [1.29, 1.82) is 0 Å². The summed E-state index contributed by atoms with van der Waals surface area (Å²) in [5.41, 5.74) is 1.42. The number of amidine groups is 1. The molecule has 0 radical (unpaired) electrons. The Labute approximate surface area is 135 Å². The van der Waals surface area contributed by atoms with Crippen molar-refractivity contribution in [1.82, 2.24) is 9.80 Å². The fraction of sp³-hybridized carbons (Fsp3) is 0.500. The minimum atomic E-state index is -0.887. The van der Waals surface area contributed by atoms with Gasteiger partial charge in [0, 0.05) is 31.4 Å². The molecule has 0 bridgehead atoms. The predicted octanol–water partition coefficient (Wildman–Crippen LogP) is 2.16. The van der Waals surface area contributed by atoms with Crippen molar-refractivity contribution in [3.05, 3.63) is 35.4 Å². The van der Waals surface area contributed by atoms with Crippen molar-refractivity contribution in [2.75, 3.05) is 33.2 Å². The summed E-state index contributed by atoms with van der Waals surface area (Å²) >= 11 is 1.83. The lowest BCUT2D eigenvalue weighted by atomic mass is 10.0. The number of piperazine rings is 1. The van der Waals surface area contributed by atoms with Crippen LogP contribution in [0.2, 0.25) is 0 Å². The molecule has 22 heavy (non-hydrogen) atoms. The summed E-state index contributed by atoms with van der Waals surface area (Å²) in [5, 5.41) is 10.5. The third kappa shape index (κ3) is 3.13. The molecule has 2 aliphatic heterocycles. The third-order valence-electron chi connectivity index (χ3n) is 4.26. The molecule has 1 N–H and O–H groups in total. The molecule has 0 spiro atoms. The van der Waals surface area contributed by atoms with Gasteiger partial charge in [-0.1, -0.05) is 30.8 Å². The highest BCUT2D eigenvalue weighted by Crippen LogP contribution is 2.38. The van der Waals surface area contributed by atoms with E-state index in [1.807, 2.05) is 23.9 Å². The smallest absolute Gasteiger partial charge is 0.335 e. The summed E-state index contributed by atoms with van der Waals surface area (Å²) in [4.78, 5) is 20.5. The first-order valence-corrected chi connectivity index (χ1v) is 8.44. The van der Waals surface area contributed by atoms with Gasteiger partial charge in [0.05, 0.1) is 11.6 Å². The zero-order chi connectivity index (χ0) is 15.7. The van der Waals surface area contributed by atoms with E-state index in [2.05, 4.69) is 23.8 Å². The molecule has 2 heterocycles. The van der Waals surface area contributed by atoms with Crippen LogP contribution in [-0.4, -0.2) is 64.5 Å². The van der Waals surface area contributed by atoms with Crippen molar-refractivity contribution in [2.45, 2.75) is 18.2 Å². The van der Waals surface area contributed by atoms with Gasteiger partial charge < -0.3 is 14.9 Å². The highest BCUT2D eigenvalue weighted by atomic mass is 32.2. The second kappa shape index (κ2) is 6.30. The normalized spacial score (nSPS) is 26.1. The summed E-state index contributed by atoms with van der Waals surface area (Å²) in [6, 6.07) is 7.22. The summed E-state index contributed by atoms with van der Waals surface area (Å²) in [5.74, 6) is -0.887. The Kier molecular flexibility index (Phi) is 4.40. The number of carbonyl (C=O) groups is 1. The molecule has 3 rings (SSSR count). The topological polar surface area (TPSA) is 56.1 Å². The van der Waals surface area contributed by atoms with E-state index in [0.29, 0.717) is 10.8 Å². The predicted molar refractivity (Wildman–Crippen MR) is 89.7 cm³/mol. The van der Waals surface area contributed by atoms with Crippen molar-refractivity contribution in [3.63, 3.8) is 0 Å². The van der Waals surface area contributed by atoms with Crippen LogP contribution < -0.4 is 0 Å². The largest absolute Gasteiger partial charge is 0.478 e. The summed E-state index contributed by atoms with van der Waals surface area (Å²) in [6.07, 6.45) is 0. The minimum Gasteiger partial charge on any atom is -0.478 e. The molecule has 2 aliphatic rings. The number of hydrogen-bond acceptors (Lipinski definition) is 5. The average molecular weight is 319 g/mol. The van der Waals surface area contributed by atoms with E-state index in [1.165, 1.54) is 0 Å². The zero-order valence-electron chi connectivity index (χ0n) is 12.9. The molecule has 5 nitrogen and oxygen atoms in total. The molecule has 118 valence electrons. The summed E-state index contributed by atoms with van der Waals surface area (Å²) in [6.45, 7) is 6.39. The first-order chi connectivity index (χ1) is 10.5. The second-order valence-electron chi connectivity index (χ2n) is 5.90. The molecule has 1 aromatic rings. The van der Waals surface area contributed by atoms with Crippen LogP contribution in [0.5, 0.6) is 0 Å². The van der Waals surface area contributed by atoms with Gasteiger partial charge in [-0.25, -0.2) is 4.79 Å². The van der Waals surface area contributed by atoms with E-state index in [-0.39, 0.29) is 6.04 Å². The second-order valence-corrected chi connectivity index (χ2v) is 7.24. The molecule has 1 aromatic carbocycles. The standard InChI is InChI=1S/C16H21N3O2S/c1-11-14(12-3-5-13(6-4-12)15(20)21)17-16(22-11)19-9-7-18(2)8-10-19/h3-6,11,14H,7-10H2,1-2H3,(H,20,21). The van der Waals surface area contributed by atoms with Crippen LogP contribution in [0.15, 0.2) is 29.3 Å². The molecular weight excluding hydrogens is 298 g/mol. The van der Waals surface area contributed by atoms with Gasteiger partial charge >= 0.3 is 5.97 Å². The fourth-order valence-electron chi connectivity index (χ4n) is 2.81. The number of nitrogens with zero attached hydrogens (tertiary/aromatic N) is 3. The van der Waals surface area contributed by atoms with Crippen LogP contribution >= 0.6 is 11.8 Å². The first-order valence-electron chi connectivity index (χ1n) is 7.56. The van der Waals surface area contributed by atoms with E-state index >= 15 is 0 Å². The molecule has 0 aromatic heterocycles. The van der Waals surface area contributed by atoms with E-state index in [1.54, 1.807) is 12.1 Å². The Morgan fingerprint density at radius 1 is 1.23 bits per heavy atom. The van der Waals surface area contributed by atoms with Gasteiger partial charge in [0.2, 0.25) is 0 Å². The Bertz CT molecular complexity index is 580. The van der Waals surface area contributed by atoms with Gasteiger partial charge in [0.25, 0.3) is 0 Å². The maximum Gasteiger partial charge on any atom is 0.335 e. The number of likely N-dealkylation sites (N-methyl/N-ethyl adjacent to an activating group) is 1. The highest BCUT2D eigenvalue weighted by molar-refractivity contribution is 8.14. The molecule has 2 atom stereocenters. The number of hydrogen-bond donors (Lipinski definition) is 1. The summed E-state index contributed by atoms with van der Waals surface area (Å²) in [7, 11) is 2.15. The molecule has 0 saturated carbocycles. The van der Waals surface area contributed by atoms with Gasteiger partial charge in [0.15, 0.2) is 5.17 Å². The van der Waals surface area contributed by atoms with Crippen LogP contribution in [0, 0.1) is 0 Å². The third-order valence-corrected chi connectivity index (χ3v) is 5.46. The lowest BCUT2D eigenvalue weighted by Gasteiger charge is -2.33. The monoisotopic (exact) mass is 319 g/mol. The van der Waals surface area contributed by atoms with Crippen LogP contribution in [0.25, 0.3) is 0 Å². The number of rotatable bonds is 2. The molecule has 6 heteroatoms. The average Bonchev–Trinajstić information content (AvgIpc) is 2.90. The molecule has 2 unspecified atom stereocenters. The lowest BCUT2D eigenvalue weighted by molar-refractivity contribution is 0.0697. The van der Waals surface area contributed by atoms with Gasteiger partial charge in [-0.05, 0) is 24.7 Å². The van der Waals surface area contributed by atoms with Crippen LogP contribution in [0.1, 0.15) is 28.9 Å². The SMILES string of the molecule is CC1SC(N2CCN(C)CC2)=NC1c1ccc(C(=O)O)cc1. The van der Waals surface area contributed by atoms with E-state index in [0.717, 1.165) is 36.9 Å². The van der Waals surface area contributed by atoms with Gasteiger partial charge in [0.1, 0.15) is 0 Å². The Balaban J connectivity index is 1.75. The number of aliphatic imine (C=N–C) groups is 1. The lowest BCUT2D eigenvalue weighted by Crippen LogP contribution is -2.46. The Hall–Kier alpha value is -1.53. The van der Waals surface area contributed by atoms with Crippen molar-refractivity contribution in [2.24, 2.45) is 4.99 Å². The number of aromatic carboxylic acids is 1. The fourth-order valence-corrected chi connectivity index (χ4v) is 3.99. The van der Waals surface area contributed by atoms with Crippen molar-refractivity contribution in [3.8, 4) is 0 Å². The molecule has 1 fully saturated rings. The molecule has 1 saturated heterocycles. The van der Waals surface area contributed by atoms with Crippen LogP contribution in [0.4, 0.5) is 0 Å². The molecule has 0 aliphatic carbocycles. The van der Waals surface area contributed by atoms with Crippen molar-refractivity contribution >= 4 is 22.9 Å². The van der Waals surface area contributed by atoms with Gasteiger partial charge in [-0.15, -0.1) is 0 Å². The minimum absolute atomic E-state index is 0.113. The quantitative estimate of drug-likeness (QED) is 0.905. The zero-order valence-corrected chi connectivity index (χ0v) is 13.7. The Morgan fingerprint density at radius 3 is 2.45 bits per heavy atom. The number of carboxylic acids is 1. The molecule has 0 amide bonds. The summed E-state index contributed by atoms with van der Waals surface area (Å²) < 4.78 is 0. The molecular formula is C16H21N3O2S. The number of carboxylic acid groups (broad SMARTS) is 1. The number of thioether (sulfide) groups is 1. The van der Waals surface area contributed by atoms with Crippen LogP contribution in [0.3, 0.4) is 0 Å².